The number of halogens is 1. The van der Waals surface area contributed by atoms with Gasteiger partial charge in [0.1, 0.15) is 0 Å². The van der Waals surface area contributed by atoms with Gasteiger partial charge in [0.05, 0.1) is 12.7 Å². The highest BCUT2D eigenvalue weighted by Gasteiger charge is 2.28. The van der Waals surface area contributed by atoms with Crippen molar-refractivity contribution >= 4 is 23.4 Å². The van der Waals surface area contributed by atoms with E-state index in [2.05, 4.69) is 15.6 Å². The lowest BCUT2D eigenvalue weighted by Crippen LogP contribution is -2.45. The molecular formula is C18H22ClN5O2. The maximum Gasteiger partial charge on any atom is 0.276 e. The topological polar surface area (TPSA) is 80.1 Å². The van der Waals surface area contributed by atoms with E-state index in [1.54, 1.807) is 15.8 Å². The minimum atomic E-state index is -0.188. The van der Waals surface area contributed by atoms with Gasteiger partial charge in [0, 0.05) is 30.1 Å². The quantitative estimate of drug-likeness (QED) is 0.838. The van der Waals surface area contributed by atoms with Crippen molar-refractivity contribution in [1.82, 2.24) is 25.2 Å². The summed E-state index contributed by atoms with van der Waals surface area (Å²) in [5.41, 5.74) is 1.20. The van der Waals surface area contributed by atoms with Crippen molar-refractivity contribution in [3.05, 3.63) is 46.7 Å². The average Bonchev–Trinajstić information content (AvgIpc) is 3.23. The number of hydrogen-bond acceptors (Lipinski definition) is 4. The summed E-state index contributed by atoms with van der Waals surface area (Å²) < 4.78 is 1.60. The number of rotatable bonds is 6. The maximum absolute atomic E-state index is 12.9. The first kappa shape index (κ1) is 18.4. The van der Waals surface area contributed by atoms with Gasteiger partial charge >= 0.3 is 0 Å². The molecule has 8 heteroatoms. The molecule has 7 nitrogen and oxygen atoms in total. The molecule has 2 heterocycles. The molecule has 0 bridgehead atoms. The van der Waals surface area contributed by atoms with E-state index in [9.17, 15) is 9.59 Å². The summed E-state index contributed by atoms with van der Waals surface area (Å²) in [5.74, 6) is -0.150. The largest absolute Gasteiger partial charge is 0.352 e. The van der Waals surface area contributed by atoms with Gasteiger partial charge in [-0.3, -0.25) is 9.59 Å². The van der Waals surface area contributed by atoms with E-state index in [1.165, 1.54) is 0 Å². The highest BCUT2D eigenvalue weighted by Crippen LogP contribution is 2.17. The number of carbonyl (C=O) groups is 2. The van der Waals surface area contributed by atoms with Crippen molar-refractivity contribution in [2.24, 2.45) is 0 Å². The van der Waals surface area contributed by atoms with Crippen LogP contribution in [0.4, 0.5) is 0 Å². The molecule has 1 saturated heterocycles. The summed E-state index contributed by atoms with van der Waals surface area (Å²) in [6.45, 7) is 4.81. The third-order valence-corrected chi connectivity index (χ3v) is 4.80. The van der Waals surface area contributed by atoms with Crippen LogP contribution >= 0.6 is 11.6 Å². The molecule has 1 aliphatic rings. The van der Waals surface area contributed by atoms with Crippen LogP contribution in [-0.2, 0) is 11.3 Å². The summed E-state index contributed by atoms with van der Waals surface area (Å²) in [4.78, 5) is 26.0. The standard InChI is InChI=1S/C18H22ClN5O2/c1-12(2)24(10-14-7-8-17(25)20-14)18(26)16-11-23(22-21-16)9-13-5-3-4-6-15(13)19/h3-6,11-12,14H,7-10H2,1-2H3,(H,20,25)/t14-/m0/s1. The van der Waals surface area contributed by atoms with Gasteiger partial charge in [0.25, 0.3) is 5.91 Å². The zero-order chi connectivity index (χ0) is 18.7. The van der Waals surface area contributed by atoms with Crippen molar-refractivity contribution in [3.63, 3.8) is 0 Å². The molecule has 1 aliphatic heterocycles. The molecule has 1 aromatic heterocycles. The fraction of sp³-hybridized carbons (Fsp3) is 0.444. The van der Waals surface area contributed by atoms with E-state index < -0.39 is 0 Å². The molecule has 3 rings (SSSR count). The van der Waals surface area contributed by atoms with E-state index in [0.29, 0.717) is 24.5 Å². The Kier molecular flexibility index (Phi) is 5.56. The first-order valence-electron chi connectivity index (χ1n) is 8.68. The predicted octanol–water partition coefficient (Wildman–Crippen LogP) is 2.11. The Balaban J connectivity index is 1.70. The maximum atomic E-state index is 12.9. The van der Waals surface area contributed by atoms with Crippen LogP contribution in [0.2, 0.25) is 5.02 Å². The number of nitrogens with zero attached hydrogens (tertiary/aromatic N) is 4. The Morgan fingerprint density at radius 1 is 1.42 bits per heavy atom. The second kappa shape index (κ2) is 7.86. The van der Waals surface area contributed by atoms with Crippen LogP contribution in [0.15, 0.2) is 30.5 Å². The molecule has 1 N–H and O–H groups in total. The number of nitrogens with one attached hydrogen (secondary N) is 1. The highest BCUT2D eigenvalue weighted by molar-refractivity contribution is 6.31. The van der Waals surface area contributed by atoms with E-state index in [-0.39, 0.29) is 29.6 Å². The molecule has 26 heavy (non-hydrogen) atoms. The Morgan fingerprint density at radius 2 is 2.19 bits per heavy atom. The molecule has 0 spiro atoms. The van der Waals surface area contributed by atoms with Gasteiger partial charge in [-0.25, -0.2) is 4.68 Å². The molecular weight excluding hydrogens is 354 g/mol. The molecule has 2 aromatic rings. The SMILES string of the molecule is CC(C)N(C[C@@H]1CCC(=O)N1)C(=O)c1cn(Cc2ccccc2Cl)nn1. The van der Waals surface area contributed by atoms with Crippen LogP contribution in [-0.4, -0.2) is 50.3 Å². The van der Waals surface area contributed by atoms with Gasteiger partial charge in [-0.2, -0.15) is 0 Å². The predicted molar refractivity (Wildman–Crippen MR) is 97.9 cm³/mol. The van der Waals surface area contributed by atoms with Crippen molar-refractivity contribution in [2.75, 3.05) is 6.54 Å². The van der Waals surface area contributed by atoms with E-state index >= 15 is 0 Å². The number of benzene rings is 1. The van der Waals surface area contributed by atoms with Crippen LogP contribution in [0.3, 0.4) is 0 Å². The van der Waals surface area contributed by atoms with Gasteiger partial charge in [-0.1, -0.05) is 35.0 Å². The van der Waals surface area contributed by atoms with Crippen molar-refractivity contribution < 1.29 is 9.59 Å². The summed E-state index contributed by atoms with van der Waals surface area (Å²) in [7, 11) is 0. The number of hydrogen-bond donors (Lipinski definition) is 1. The van der Waals surface area contributed by atoms with E-state index in [1.807, 2.05) is 38.1 Å². The lowest BCUT2D eigenvalue weighted by molar-refractivity contribution is -0.119. The first-order valence-corrected chi connectivity index (χ1v) is 9.05. The highest BCUT2D eigenvalue weighted by atomic mass is 35.5. The minimum absolute atomic E-state index is 0.00581. The number of amides is 2. The lowest BCUT2D eigenvalue weighted by atomic mass is 10.2. The minimum Gasteiger partial charge on any atom is -0.352 e. The fourth-order valence-corrected chi connectivity index (χ4v) is 3.20. The van der Waals surface area contributed by atoms with Crippen LogP contribution in [0.5, 0.6) is 0 Å². The van der Waals surface area contributed by atoms with E-state index in [0.717, 1.165) is 12.0 Å². The van der Waals surface area contributed by atoms with Crippen LogP contribution in [0, 0.1) is 0 Å². The molecule has 0 radical (unpaired) electrons. The number of carbonyl (C=O) groups excluding carboxylic acids is 2. The van der Waals surface area contributed by atoms with Gasteiger partial charge in [-0.05, 0) is 31.9 Å². The molecule has 2 amide bonds. The molecule has 1 atom stereocenters. The smallest absolute Gasteiger partial charge is 0.276 e. The Hall–Kier alpha value is -2.41. The third kappa shape index (κ3) is 4.22. The average molecular weight is 376 g/mol. The molecule has 138 valence electrons. The summed E-state index contributed by atoms with van der Waals surface area (Å²) in [6.07, 6.45) is 2.89. The molecule has 1 aromatic carbocycles. The molecule has 0 aliphatic carbocycles. The van der Waals surface area contributed by atoms with Gasteiger partial charge < -0.3 is 10.2 Å². The zero-order valence-corrected chi connectivity index (χ0v) is 15.6. The van der Waals surface area contributed by atoms with Crippen LogP contribution < -0.4 is 5.32 Å². The van der Waals surface area contributed by atoms with Gasteiger partial charge in [0.2, 0.25) is 5.91 Å². The summed E-state index contributed by atoms with van der Waals surface area (Å²) in [5, 5.41) is 11.6. The monoisotopic (exact) mass is 375 g/mol. The summed E-state index contributed by atoms with van der Waals surface area (Å²) in [6, 6.07) is 7.48. The van der Waals surface area contributed by atoms with E-state index in [4.69, 9.17) is 11.6 Å². The van der Waals surface area contributed by atoms with Gasteiger partial charge in [-0.15, -0.1) is 5.10 Å². The van der Waals surface area contributed by atoms with Gasteiger partial charge in [0.15, 0.2) is 5.69 Å². The second-order valence-corrected chi connectivity index (χ2v) is 7.15. The zero-order valence-electron chi connectivity index (χ0n) is 14.9. The summed E-state index contributed by atoms with van der Waals surface area (Å²) >= 11 is 6.17. The van der Waals surface area contributed by atoms with Crippen LogP contribution in [0.25, 0.3) is 0 Å². The molecule has 0 saturated carbocycles. The lowest BCUT2D eigenvalue weighted by Gasteiger charge is -2.28. The normalized spacial score (nSPS) is 16.8. The Bertz CT molecular complexity index is 804. The third-order valence-electron chi connectivity index (χ3n) is 4.43. The molecule has 0 unspecified atom stereocenters. The number of aromatic nitrogens is 3. The molecule has 1 fully saturated rings. The Morgan fingerprint density at radius 3 is 2.85 bits per heavy atom. The Labute approximate surface area is 157 Å². The van der Waals surface area contributed by atoms with Crippen molar-refractivity contribution in [2.45, 2.75) is 45.3 Å². The van der Waals surface area contributed by atoms with Crippen molar-refractivity contribution in [3.8, 4) is 0 Å². The second-order valence-electron chi connectivity index (χ2n) is 6.75. The fourth-order valence-electron chi connectivity index (χ4n) is 3.00. The van der Waals surface area contributed by atoms with Crippen molar-refractivity contribution in [1.29, 1.82) is 0 Å². The first-order chi connectivity index (χ1) is 12.4. The van der Waals surface area contributed by atoms with Crippen LogP contribution in [0.1, 0.15) is 42.7 Å².